The molecule has 40 heavy (non-hydrogen) atoms. The summed E-state index contributed by atoms with van der Waals surface area (Å²) in [5.41, 5.74) is 6.14. The molecule has 208 valence electrons. The molecule has 2 amide bonds. The number of anilines is 1. The van der Waals surface area contributed by atoms with Crippen LogP contribution < -0.4 is 10.2 Å². The van der Waals surface area contributed by atoms with Gasteiger partial charge in [0.25, 0.3) is 0 Å². The van der Waals surface area contributed by atoms with Gasteiger partial charge in [0.2, 0.25) is 0 Å². The molecule has 1 aliphatic carbocycles. The first kappa shape index (κ1) is 27.2. The van der Waals surface area contributed by atoms with Crippen molar-refractivity contribution in [3.63, 3.8) is 0 Å². The van der Waals surface area contributed by atoms with Gasteiger partial charge in [-0.3, -0.25) is 4.90 Å². The zero-order valence-electron chi connectivity index (χ0n) is 23.0. The van der Waals surface area contributed by atoms with Gasteiger partial charge in [-0.05, 0) is 73.1 Å². The number of amides is 2. The molecule has 3 aromatic rings. The van der Waals surface area contributed by atoms with Crippen LogP contribution in [0, 0.1) is 0 Å². The van der Waals surface area contributed by atoms with Crippen LogP contribution in [-0.4, -0.2) is 48.1 Å². The zero-order chi connectivity index (χ0) is 28.4. The van der Waals surface area contributed by atoms with Crippen molar-refractivity contribution in [1.29, 1.82) is 0 Å². The third kappa shape index (κ3) is 5.81. The van der Waals surface area contributed by atoms with E-state index in [-0.39, 0.29) is 18.9 Å². The van der Waals surface area contributed by atoms with Crippen molar-refractivity contribution in [1.82, 2.24) is 5.32 Å². The average Bonchev–Trinajstić information content (AvgIpc) is 3.23. The largest absolute Gasteiger partial charge is 0.480 e. The topological polar surface area (TPSA) is 105 Å². The summed E-state index contributed by atoms with van der Waals surface area (Å²) in [5, 5.41) is 12.4. The number of carboxylic acids is 1. The molecular weight excluding hydrogens is 508 g/mol. The maximum absolute atomic E-state index is 12.8. The Morgan fingerprint density at radius 3 is 2.27 bits per heavy atom. The van der Waals surface area contributed by atoms with Gasteiger partial charge >= 0.3 is 18.2 Å². The van der Waals surface area contributed by atoms with E-state index in [1.54, 1.807) is 4.90 Å². The van der Waals surface area contributed by atoms with Crippen LogP contribution in [0.4, 0.5) is 15.3 Å². The number of alkyl carbamates (subject to hydrolysis) is 1. The fourth-order valence-electron chi connectivity index (χ4n) is 5.47. The van der Waals surface area contributed by atoms with Crippen molar-refractivity contribution in [2.24, 2.45) is 0 Å². The van der Waals surface area contributed by atoms with Gasteiger partial charge in [-0.1, -0.05) is 60.7 Å². The smallest absolute Gasteiger partial charge is 0.414 e. The molecule has 5 rings (SSSR count). The summed E-state index contributed by atoms with van der Waals surface area (Å²) >= 11 is 0. The van der Waals surface area contributed by atoms with E-state index in [1.807, 2.05) is 75.4 Å². The third-order valence-electron chi connectivity index (χ3n) is 7.26. The SMILES string of the molecule is CC(C)(C)OC(=O)N1CCCc2ccc(C[C@H](NC(=O)OCC3c4ccccc4-c4ccccc43)C(=O)O)cc21. The molecule has 2 aliphatic rings. The molecule has 0 spiro atoms. The van der Waals surface area contributed by atoms with Gasteiger partial charge in [0, 0.05) is 18.9 Å². The van der Waals surface area contributed by atoms with E-state index < -0.39 is 29.8 Å². The second-order valence-electron chi connectivity index (χ2n) is 11.3. The minimum absolute atomic E-state index is 0.0367. The molecule has 8 nitrogen and oxygen atoms in total. The van der Waals surface area contributed by atoms with Gasteiger partial charge in [-0.15, -0.1) is 0 Å². The highest BCUT2D eigenvalue weighted by Gasteiger charge is 2.31. The molecular formula is C32H34N2O6. The van der Waals surface area contributed by atoms with Crippen LogP contribution in [0.15, 0.2) is 66.7 Å². The van der Waals surface area contributed by atoms with E-state index >= 15 is 0 Å². The quantitative estimate of drug-likeness (QED) is 0.401. The Morgan fingerprint density at radius 1 is 1.00 bits per heavy atom. The van der Waals surface area contributed by atoms with Gasteiger partial charge in [0.15, 0.2) is 0 Å². The van der Waals surface area contributed by atoms with Crippen LogP contribution in [0.25, 0.3) is 11.1 Å². The van der Waals surface area contributed by atoms with Gasteiger partial charge in [-0.25, -0.2) is 14.4 Å². The second kappa shape index (κ2) is 11.0. The summed E-state index contributed by atoms with van der Waals surface area (Å²) in [5.74, 6) is -1.30. The first-order valence-electron chi connectivity index (χ1n) is 13.6. The number of carboxylic acid groups (broad SMARTS) is 1. The van der Waals surface area contributed by atoms with E-state index in [0.29, 0.717) is 17.8 Å². The van der Waals surface area contributed by atoms with Crippen LogP contribution in [0.2, 0.25) is 0 Å². The molecule has 0 aromatic heterocycles. The zero-order valence-corrected chi connectivity index (χ0v) is 23.0. The molecule has 0 saturated heterocycles. The molecule has 0 radical (unpaired) electrons. The minimum atomic E-state index is -1.20. The molecule has 0 bridgehead atoms. The number of aliphatic carboxylic acids is 1. The van der Waals surface area contributed by atoms with Crippen LogP contribution >= 0.6 is 0 Å². The van der Waals surface area contributed by atoms with Crippen molar-refractivity contribution in [2.75, 3.05) is 18.1 Å². The molecule has 0 unspecified atom stereocenters. The number of nitrogens with zero attached hydrogens (tertiary/aromatic N) is 1. The number of carbonyl (C=O) groups excluding carboxylic acids is 2. The van der Waals surface area contributed by atoms with Gasteiger partial charge in [0.1, 0.15) is 18.2 Å². The van der Waals surface area contributed by atoms with E-state index in [4.69, 9.17) is 9.47 Å². The Morgan fingerprint density at radius 2 is 1.65 bits per heavy atom. The molecule has 2 N–H and O–H groups in total. The molecule has 0 fully saturated rings. The number of rotatable bonds is 6. The Kier molecular flexibility index (Phi) is 7.52. The summed E-state index contributed by atoms with van der Waals surface area (Å²) in [6.07, 6.45) is 0.441. The lowest BCUT2D eigenvalue weighted by molar-refractivity contribution is -0.139. The predicted molar refractivity (Wildman–Crippen MR) is 152 cm³/mol. The summed E-state index contributed by atoms with van der Waals surface area (Å²) in [7, 11) is 0. The average molecular weight is 543 g/mol. The molecule has 1 atom stereocenters. The lowest BCUT2D eigenvalue weighted by Gasteiger charge is -2.32. The lowest BCUT2D eigenvalue weighted by atomic mass is 9.97. The second-order valence-corrected chi connectivity index (χ2v) is 11.3. The first-order valence-corrected chi connectivity index (χ1v) is 13.6. The number of hydrogen-bond donors (Lipinski definition) is 2. The van der Waals surface area contributed by atoms with Crippen molar-refractivity contribution < 1.29 is 29.0 Å². The number of nitrogens with one attached hydrogen (secondary N) is 1. The van der Waals surface area contributed by atoms with Crippen molar-refractivity contribution in [3.8, 4) is 11.1 Å². The fourth-order valence-corrected chi connectivity index (χ4v) is 5.47. The van der Waals surface area contributed by atoms with Gasteiger partial charge in [0.05, 0.1) is 5.69 Å². The monoisotopic (exact) mass is 542 g/mol. The maximum Gasteiger partial charge on any atom is 0.414 e. The van der Waals surface area contributed by atoms with E-state index in [9.17, 15) is 19.5 Å². The Bertz CT molecular complexity index is 1400. The number of ether oxygens (including phenoxy) is 2. The molecule has 3 aromatic carbocycles. The van der Waals surface area contributed by atoms with Crippen LogP contribution in [0.3, 0.4) is 0 Å². The number of aryl methyl sites for hydroxylation is 1. The highest BCUT2D eigenvalue weighted by atomic mass is 16.6. The fraction of sp³-hybridized carbons (Fsp3) is 0.344. The Hall–Kier alpha value is -4.33. The Labute approximate surface area is 233 Å². The highest BCUT2D eigenvalue weighted by molar-refractivity contribution is 5.90. The lowest BCUT2D eigenvalue weighted by Crippen LogP contribution is -2.43. The first-order chi connectivity index (χ1) is 19.1. The predicted octanol–water partition coefficient (Wildman–Crippen LogP) is 5.91. The van der Waals surface area contributed by atoms with Crippen molar-refractivity contribution in [2.45, 2.75) is 57.6 Å². The molecule has 8 heteroatoms. The number of hydrogen-bond acceptors (Lipinski definition) is 5. The number of benzene rings is 3. The summed E-state index contributed by atoms with van der Waals surface area (Å²) in [6.45, 7) is 6.07. The normalized spacial score (nSPS) is 14.9. The van der Waals surface area contributed by atoms with Gasteiger partial charge < -0.3 is 19.9 Å². The van der Waals surface area contributed by atoms with Crippen LogP contribution in [-0.2, 0) is 27.1 Å². The highest BCUT2D eigenvalue weighted by Crippen LogP contribution is 2.44. The molecule has 0 saturated carbocycles. The van der Waals surface area contributed by atoms with Crippen LogP contribution in [0.1, 0.15) is 55.4 Å². The summed E-state index contributed by atoms with van der Waals surface area (Å²) in [4.78, 5) is 39.3. The number of fused-ring (bicyclic) bond motifs is 4. The van der Waals surface area contributed by atoms with Gasteiger partial charge in [-0.2, -0.15) is 0 Å². The van der Waals surface area contributed by atoms with E-state index in [2.05, 4.69) is 17.4 Å². The van der Waals surface area contributed by atoms with E-state index in [0.717, 1.165) is 40.7 Å². The molecule has 1 heterocycles. The maximum atomic E-state index is 12.8. The Balaban J connectivity index is 1.26. The van der Waals surface area contributed by atoms with Crippen molar-refractivity contribution >= 4 is 23.8 Å². The van der Waals surface area contributed by atoms with Crippen molar-refractivity contribution in [3.05, 3.63) is 89.0 Å². The number of carbonyl (C=O) groups is 3. The van der Waals surface area contributed by atoms with Crippen LogP contribution in [0.5, 0.6) is 0 Å². The standard InChI is InChI=1S/C32H34N2O6/c1-32(2,3)40-31(38)34-16-8-9-21-15-14-20(18-28(21)34)17-27(29(35)36)33-30(37)39-19-26-24-12-6-4-10-22(24)23-11-5-7-13-25(23)26/h4-7,10-15,18,26-27H,8-9,16-17,19H2,1-3H3,(H,33,37)(H,35,36)/t27-/m0/s1. The minimum Gasteiger partial charge on any atom is -0.480 e. The molecule has 1 aliphatic heterocycles. The summed E-state index contributed by atoms with van der Waals surface area (Å²) < 4.78 is 11.1. The third-order valence-corrected chi connectivity index (χ3v) is 7.26. The summed E-state index contributed by atoms with van der Waals surface area (Å²) in [6, 6.07) is 20.4. The van der Waals surface area contributed by atoms with E-state index in [1.165, 1.54) is 0 Å².